The van der Waals surface area contributed by atoms with Crippen LogP contribution in [0.5, 0.6) is 0 Å². The number of likely N-dealkylation sites (N-methyl/N-ethyl adjacent to an activating group) is 1. The van der Waals surface area contributed by atoms with E-state index >= 15 is 0 Å². The number of nitrogens with one attached hydrogen (secondary N) is 2. The molecular formula is C14H18N4O4. The lowest BCUT2D eigenvalue weighted by molar-refractivity contribution is -0.136. The molecule has 0 saturated carbocycles. The highest BCUT2D eigenvalue weighted by atomic mass is 16.5. The Morgan fingerprint density at radius 2 is 2.14 bits per heavy atom. The summed E-state index contributed by atoms with van der Waals surface area (Å²) in [7, 11) is 3.72. The predicted octanol–water partition coefficient (Wildman–Crippen LogP) is 0.934. The van der Waals surface area contributed by atoms with Crippen LogP contribution in [0.3, 0.4) is 0 Å². The molecule has 2 heterocycles. The first kappa shape index (κ1) is 15.8. The third-order valence-corrected chi connectivity index (χ3v) is 3.03. The lowest BCUT2D eigenvalue weighted by Gasteiger charge is -2.22. The number of rotatable bonds is 5. The quantitative estimate of drug-likeness (QED) is 0.797. The van der Waals surface area contributed by atoms with Crippen LogP contribution in [0, 0.1) is 6.92 Å². The number of nitrogens with zero attached hydrogens (tertiary/aromatic N) is 2. The fourth-order valence-electron chi connectivity index (χ4n) is 1.89. The van der Waals surface area contributed by atoms with E-state index in [0.29, 0.717) is 11.5 Å². The van der Waals surface area contributed by atoms with E-state index < -0.39 is 11.8 Å². The van der Waals surface area contributed by atoms with Gasteiger partial charge in [-0.15, -0.1) is 0 Å². The average Bonchev–Trinajstić information content (AvgIpc) is 3.10. The molecule has 2 rings (SSSR count). The highest BCUT2D eigenvalue weighted by molar-refractivity contribution is 6.39. The van der Waals surface area contributed by atoms with Crippen molar-refractivity contribution in [3.63, 3.8) is 0 Å². The van der Waals surface area contributed by atoms with Crippen molar-refractivity contribution in [2.75, 3.05) is 26.0 Å². The minimum Gasteiger partial charge on any atom is -0.468 e. The van der Waals surface area contributed by atoms with Crippen molar-refractivity contribution in [2.45, 2.75) is 13.0 Å². The van der Waals surface area contributed by atoms with Gasteiger partial charge in [-0.25, -0.2) is 0 Å². The van der Waals surface area contributed by atoms with Crippen molar-refractivity contribution in [1.29, 1.82) is 0 Å². The molecule has 8 nitrogen and oxygen atoms in total. The van der Waals surface area contributed by atoms with Crippen LogP contribution < -0.4 is 10.6 Å². The molecule has 0 bridgehead atoms. The van der Waals surface area contributed by atoms with Gasteiger partial charge in [-0.05, 0) is 33.2 Å². The minimum atomic E-state index is -0.801. The molecule has 118 valence electrons. The molecule has 22 heavy (non-hydrogen) atoms. The van der Waals surface area contributed by atoms with Crippen molar-refractivity contribution in [3.8, 4) is 0 Å². The summed E-state index contributed by atoms with van der Waals surface area (Å²) in [5, 5.41) is 8.52. The van der Waals surface area contributed by atoms with Gasteiger partial charge in [0.25, 0.3) is 0 Å². The summed E-state index contributed by atoms with van der Waals surface area (Å²) >= 11 is 0. The molecule has 0 unspecified atom stereocenters. The van der Waals surface area contributed by atoms with E-state index in [0.717, 1.165) is 0 Å². The average molecular weight is 306 g/mol. The summed E-state index contributed by atoms with van der Waals surface area (Å²) in [5.74, 6) is -0.101. The van der Waals surface area contributed by atoms with Crippen LogP contribution in [0.15, 0.2) is 33.4 Å². The van der Waals surface area contributed by atoms with E-state index in [-0.39, 0.29) is 18.4 Å². The molecule has 2 amide bonds. The Balaban J connectivity index is 1.89. The summed E-state index contributed by atoms with van der Waals surface area (Å²) < 4.78 is 10.1. The molecule has 1 atom stereocenters. The molecule has 0 aliphatic rings. The Kier molecular flexibility index (Phi) is 4.95. The number of hydrogen-bond donors (Lipinski definition) is 2. The Bertz CT molecular complexity index is 633. The van der Waals surface area contributed by atoms with Gasteiger partial charge < -0.3 is 14.3 Å². The van der Waals surface area contributed by atoms with Gasteiger partial charge in [-0.2, -0.15) is 0 Å². The molecule has 8 heteroatoms. The third-order valence-electron chi connectivity index (χ3n) is 3.03. The van der Waals surface area contributed by atoms with Crippen LogP contribution in [-0.2, 0) is 9.59 Å². The van der Waals surface area contributed by atoms with Gasteiger partial charge in [0.15, 0.2) is 5.82 Å². The van der Waals surface area contributed by atoms with Crippen molar-refractivity contribution in [2.24, 2.45) is 0 Å². The first-order valence-electron chi connectivity index (χ1n) is 6.69. The molecule has 0 aliphatic carbocycles. The zero-order chi connectivity index (χ0) is 16.1. The van der Waals surface area contributed by atoms with Gasteiger partial charge in [-0.3, -0.25) is 19.8 Å². The summed E-state index contributed by atoms with van der Waals surface area (Å²) in [6, 6.07) is 4.94. The Hall–Kier alpha value is -2.61. The number of anilines is 1. The highest BCUT2D eigenvalue weighted by Crippen LogP contribution is 2.17. The van der Waals surface area contributed by atoms with Crippen LogP contribution in [0.25, 0.3) is 0 Å². The lowest BCUT2D eigenvalue weighted by Crippen LogP contribution is -2.40. The first-order chi connectivity index (χ1) is 10.5. The molecule has 0 aromatic carbocycles. The van der Waals surface area contributed by atoms with Gasteiger partial charge in [0.2, 0.25) is 0 Å². The molecule has 2 aromatic rings. The molecule has 2 aromatic heterocycles. The first-order valence-corrected chi connectivity index (χ1v) is 6.69. The number of carbonyl (C=O) groups is 2. The monoisotopic (exact) mass is 306 g/mol. The number of amides is 2. The summed E-state index contributed by atoms with van der Waals surface area (Å²) in [6.07, 6.45) is 1.56. The van der Waals surface area contributed by atoms with Crippen LogP contribution >= 0.6 is 0 Å². The second-order valence-electron chi connectivity index (χ2n) is 4.98. The normalized spacial score (nSPS) is 12.2. The lowest BCUT2D eigenvalue weighted by atomic mass is 10.2. The third kappa shape index (κ3) is 3.95. The van der Waals surface area contributed by atoms with Crippen molar-refractivity contribution in [3.05, 3.63) is 36.0 Å². The zero-order valence-electron chi connectivity index (χ0n) is 12.6. The standard InChI is InChI=1S/C14H18N4O4/c1-9-7-12(17-22-9)16-14(20)13(19)15-8-10(18(2)3)11-5-4-6-21-11/h4-7,10H,8H2,1-3H3,(H,15,19)(H,16,17,20)/t10-/m0/s1. The van der Waals surface area contributed by atoms with Gasteiger partial charge in [-0.1, -0.05) is 5.16 Å². The Labute approximate surface area is 127 Å². The predicted molar refractivity (Wildman–Crippen MR) is 78.0 cm³/mol. The van der Waals surface area contributed by atoms with Crippen LogP contribution in [0.4, 0.5) is 5.82 Å². The summed E-state index contributed by atoms with van der Waals surface area (Å²) in [6.45, 7) is 1.93. The van der Waals surface area contributed by atoms with E-state index in [1.807, 2.05) is 25.1 Å². The molecule has 0 aliphatic heterocycles. The van der Waals surface area contributed by atoms with Crippen molar-refractivity contribution < 1.29 is 18.5 Å². The molecular weight excluding hydrogens is 288 g/mol. The van der Waals surface area contributed by atoms with Crippen molar-refractivity contribution >= 4 is 17.6 Å². The van der Waals surface area contributed by atoms with Crippen LogP contribution in [0.2, 0.25) is 0 Å². The highest BCUT2D eigenvalue weighted by Gasteiger charge is 2.21. The molecule has 0 saturated heterocycles. The van der Waals surface area contributed by atoms with E-state index in [2.05, 4.69) is 15.8 Å². The van der Waals surface area contributed by atoms with E-state index in [9.17, 15) is 9.59 Å². The number of carbonyl (C=O) groups excluding carboxylic acids is 2. The van der Waals surface area contributed by atoms with E-state index in [1.54, 1.807) is 19.3 Å². The van der Waals surface area contributed by atoms with Crippen LogP contribution in [-0.4, -0.2) is 42.5 Å². The summed E-state index contributed by atoms with van der Waals surface area (Å²) in [5.41, 5.74) is 0. The number of aromatic nitrogens is 1. The van der Waals surface area contributed by atoms with Crippen molar-refractivity contribution in [1.82, 2.24) is 15.4 Å². The van der Waals surface area contributed by atoms with Gasteiger partial charge >= 0.3 is 11.8 Å². The van der Waals surface area contributed by atoms with E-state index in [4.69, 9.17) is 8.94 Å². The summed E-state index contributed by atoms with van der Waals surface area (Å²) in [4.78, 5) is 25.5. The topological polar surface area (TPSA) is 101 Å². The molecule has 0 radical (unpaired) electrons. The molecule has 0 fully saturated rings. The van der Waals surface area contributed by atoms with Gasteiger partial charge in [0.05, 0.1) is 12.3 Å². The minimum absolute atomic E-state index is 0.166. The fourth-order valence-corrected chi connectivity index (χ4v) is 1.89. The SMILES string of the molecule is Cc1cc(NC(=O)C(=O)NC[C@@H](c2ccco2)N(C)C)no1. The number of hydrogen-bond acceptors (Lipinski definition) is 6. The van der Waals surface area contributed by atoms with Gasteiger partial charge in [0.1, 0.15) is 11.5 Å². The zero-order valence-corrected chi connectivity index (χ0v) is 12.6. The fraction of sp³-hybridized carbons (Fsp3) is 0.357. The maximum atomic E-state index is 11.8. The maximum Gasteiger partial charge on any atom is 0.314 e. The maximum absolute atomic E-state index is 11.8. The smallest absolute Gasteiger partial charge is 0.314 e. The largest absolute Gasteiger partial charge is 0.468 e. The van der Waals surface area contributed by atoms with Crippen LogP contribution in [0.1, 0.15) is 17.6 Å². The van der Waals surface area contributed by atoms with Gasteiger partial charge in [0, 0.05) is 12.6 Å². The second kappa shape index (κ2) is 6.90. The second-order valence-corrected chi connectivity index (χ2v) is 4.98. The Morgan fingerprint density at radius 3 is 2.68 bits per heavy atom. The number of aryl methyl sites for hydroxylation is 1. The molecule has 0 spiro atoms. The van der Waals surface area contributed by atoms with E-state index in [1.165, 1.54) is 6.07 Å². The number of furan rings is 1. The molecule has 2 N–H and O–H groups in total. The Morgan fingerprint density at radius 1 is 1.36 bits per heavy atom.